The Labute approximate surface area is 90.6 Å². The first kappa shape index (κ1) is 10.3. The molecule has 3 N–H and O–H groups in total. The van der Waals surface area contributed by atoms with Crippen molar-refractivity contribution in [3.8, 4) is 5.75 Å². The second-order valence-corrected chi connectivity index (χ2v) is 4.00. The Morgan fingerprint density at radius 1 is 1.53 bits per heavy atom. The number of methoxy groups -OCH3 is 1. The van der Waals surface area contributed by atoms with Crippen molar-refractivity contribution in [2.45, 2.75) is 25.3 Å². The minimum Gasteiger partial charge on any atom is -0.497 e. The highest BCUT2D eigenvalue weighted by atomic mass is 16.5. The largest absolute Gasteiger partial charge is 0.497 e. The van der Waals surface area contributed by atoms with Gasteiger partial charge in [0.1, 0.15) is 5.75 Å². The van der Waals surface area contributed by atoms with Crippen LogP contribution in [0.2, 0.25) is 0 Å². The van der Waals surface area contributed by atoms with Crippen LogP contribution >= 0.6 is 0 Å². The van der Waals surface area contributed by atoms with E-state index in [1.54, 1.807) is 7.11 Å². The van der Waals surface area contributed by atoms with Crippen molar-refractivity contribution >= 4 is 5.69 Å². The van der Waals surface area contributed by atoms with Crippen LogP contribution in [0, 0.1) is 0 Å². The van der Waals surface area contributed by atoms with Gasteiger partial charge in [-0.05, 0) is 49.6 Å². The molecule has 1 aromatic rings. The van der Waals surface area contributed by atoms with Crippen LogP contribution in [-0.4, -0.2) is 19.7 Å². The molecule has 1 aliphatic heterocycles. The number of nitrogens with one attached hydrogen (secondary N) is 1. The molecule has 1 heterocycles. The lowest BCUT2D eigenvalue weighted by atomic mass is 10.1. The predicted molar refractivity (Wildman–Crippen MR) is 62.4 cm³/mol. The van der Waals surface area contributed by atoms with Gasteiger partial charge in [0.15, 0.2) is 0 Å². The average molecular weight is 206 g/mol. The summed E-state index contributed by atoms with van der Waals surface area (Å²) < 4.78 is 5.21. The Hall–Kier alpha value is -1.22. The number of hydrogen-bond donors (Lipinski definition) is 2. The Morgan fingerprint density at radius 3 is 3.13 bits per heavy atom. The van der Waals surface area contributed by atoms with Gasteiger partial charge in [0.05, 0.1) is 7.11 Å². The smallest absolute Gasteiger partial charge is 0.119 e. The van der Waals surface area contributed by atoms with Gasteiger partial charge < -0.3 is 15.8 Å². The van der Waals surface area contributed by atoms with Crippen LogP contribution in [0.5, 0.6) is 5.75 Å². The summed E-state index contributed by atoms with van der Waals surface area (Å²) in [5.74, 6) is 0.940. The molecule has 1 unspecified atom stereocenters. The fourth-order valence-electron chi connectivity index (χ4n) is 2.08. The maximum absolute atomic E-state index is 5.51. The molecule has 0 aliphatic carbocycles. The van der Waals surface area contributed by atoms with Crippen molar-refractivity contribution in [2.75, 3.05) is 19.0 Å². The minimum atomic E-state index is 0.552. The molecule has 0 amide bonds. The van der Waals surface area contributed by atoms with Crippen LogP contribution in [0.15, 0.2) is 18.2 Å². The molecule has 0 spiro atoms. The zero-order chi connectivity index (χ0) is 10.7. The average Bonchev–Trinajstić information content (AvgIpc) is 2.67. The molecule has 1 aliphatic rings. The third-order valence-corrected chi connectivity index (χ3v) is 2.90. The summed E-state index contributed by atoms with van der Waals surface area (Å²) in [5, 5.41) is 3.51. The quantitative estimate of drug-likeness (QED) is 0.789. The maximum Gasteiger partial charge on any atom is 0.119 e. The number of benzene rings is 1. The highest BCUT2D eigenvalue weighted by molar-refractivity contribution is 5.59. The Kier molecular flexibility index (Phi) is 3.11. The maximum atomic E-state index is 5.51. The predicted octanol–water partition coefficient (Wildman–Crippen LogP) is 1.77. The highest BCUT2D eigenvalue weighted by Gasteiger charge is 2.19. The van der Waals surface area contributed by atoms with Gasteiger partial charge in [0.2, 0.25) is 0 Å². The van der Waals surface area contributed by atoms with E-state index in [1.165, 1.54) is 11.3 Å². The fourth-order valence-corrected chi connectivity index (χ4v) is 2.08. The molecule has 2 rings (SSSR count). The lowest BCUT2D eigenvalue weighted by Gasteiger charge is -2.09. The molecule has 3 heteroatoms. The van der Waals surface area contributed by atoms with Crippen LogP contribution in [0.25, 0.3) is 0 Å². The Balaban J connectivity index is 2.03. The van der Waals surface area contributed by atoms with Gasteiger partial charge in [-0.15, -0.1) is 0 Å². The molecule has 0 aromatic heterocycles. The van der Waals surface area contributed by atoms with E-state index in [-0.39, 0.29) is 0 Å². The first-order valence-electron chi connectivity index (χ1n) is 5.47. The van der Waals surface area contributed by atoms with Gasteiger partial charge in [-0.3, -0.25) is 0 Å². The molecule has 3 nitrogen and oxygen atoms in total. The topological polar surface area (TPSA) is 47.3 Å². The molecule has 0 radical (unpaired) electrons. The van der Waals surface area contributed by atoms with Crippen molar-refractivity contribution in [1.82, 2.24) is 0 Å². The van der Waals surface area contributed by atoms with Crippen molar-refractivity contribution in [3.63, 3.8) is 0 Å². The third-order valence-electron chi connectivity index (χ3n) is 2.90. The molecule has 1 atom stereocenters. The van der Waals surface area contributed by atoms with E-state index in [4.69, 9.17) is 10.5 Å². The van der Waals surface area contributed by atoms with Crippen LogP contribution in [0.4, 0.5) is 5.69 Å². The summed E-state index contributed by atoms with van der Waals surface area (Å²) >= 11 is 0. The van der Waals surface area contributed by atoms with Crippen molar-refractivity contribution in [1.29, 1.82) is 0 Å². The number of rotatable bonds is 4. The van der Waals surface area contributed by atoms with E-state index in [1.807, 2.05) is 6.07 Å². The van der Waals surface area contributed by atoms with Crippen LogP contribution in [0.1, 0.15) is 18.4 Å². The van der Waals surface area contributed by atoms with E-state index in [2.05, 4.69) is 17.4 Å². The number of nitrogens with two attached hydrogens (primary N) is 1. The van der Waals surface area contributed by atoms with Crippen LogP contribution in [0.3, 0.4) is 0 Å². The van der Waals surface area contributed by atoms with E-state index < -0.39 is 0 Å². The van der Waals surface area contributed by atoms with Crippen LogP contribution < -0.4 is 15.8 Å². The minimum absolute atomic E-state index is 0.552. The summed E-state index contributed by atoms with van der Waals surface area (Å²) in [4.78, 5) is 0. The lowest BCUT2D eigenvalue weighted by molar-refractivity contribution is 0.414. The lowest BCUT2D eigenvalue weighted by Crippen LogP contribution is -2.16. The normalized spacial score (nSPS) is 18.4. The molecular formula is C12H18N2O. The Morgan fingerprint density at radius 2 is 2.40 bits per heavy atom. The van der Waals surface area contributed by atoms with Gasteiger partial charge in [0, 0.05) is 11.7 Å². The summed E-state index contributed by atoms with van der Waals surface area (Å²) in [5.41, 5.74) is 8.12. The molecule has 0 saturated carbocycles. The number of hydrogen-bond acceptors (Lipinski definition) is 3. The van der Waals surface area contributed by atoms with E-state index in [0.29, 0.717) is 6.04 Å². The second kappa shape index (κ2) is 4.53. The molecule has 1 aromatic carbocycles. The zero-order valence-electron chi connectivity index (χ0n) is 9.12. The van der Waals surface area contributed by atoms with Crippen molar-refractivity contribution in [2.24, 2.45) is 5.73 Å². The Bertz CT molecular complexity index is 338. The van der Waals surface area contributed by atoms with Gasteiger partial charge in [-0.25, -0.2) is 0 Å². The molecule has 0 bridgehead atoms. The first-order valence-corrected chi connectivity index (χ1v) is 5.47. The zero-order valence-corrected chi connectivity index (χ0v) is 9.12. The number of ether oxygens (including phenoxy) is 1. The van der Waals surface area contributed by atoms with E-state index in [0.717, 1.165) is 31.6 Å². The first-order chi connectivity index (χ1) is 7.33. The monoisotopic (exact) mass is 206 g/mol. The molecule has 0 saturated heterocycles. The van der Waals surface area contributed by atoms with E-state index >= 15 is 0 Å². The summed E-state index contributed by atoms with van der Waals surface area (Å²) in [6.45, 7) is 0.776. The van der Waals surface area contributed by atoms with Crippen LogP contribution in [-0.2, 0) is 6.42 Å². The standard InChI is InChI=1S/C12H18N2O/c1-15-11-4-5-12-9(8-11)7-10(14-12)3-2-6-13/h4-5,8,10,14H,2-3,6-7,13H2,1H3. The SMILES string of the molecule is COc1ccc2c(c1)CC(CCCN)N2. The highest BCUT2D eigenvalue weighted by Crippen LogP contribution is 2.30. The van der Waals surface area contributed by atoms with Gasteiger partial charge in [-0.2, -0.15) is 0 Å². The summed E-state index contributed by atoms with van der Waals surface area (Å²) in [6.07, 6.45) is 3.32. The van der Waals surface area contributed by atoms with Gasteiger partial charge in [-0.1, -0.05) is 0 Å². The molecular weight excluding hydrogens is 188 g/mol. The second-order valence-electron chi connectivity index (χ2n) is 4.00. The number of fused-ring (bicyclic) bond motifs is 1. The summed E-state index contributed by atoms with van der Waals surface area (Å²) in [7, 11) is 1.70. The van der Waals surface area contributed by atoms with Crippen molar-refractivity contribution in [3.05, 3.63) is 23.8 Å². The summed E-state index contributed by atoms with van der Waals surface area (Å²) in [6, 6.07) is 6.76. The molecule has 0 fully saturated rings. The van der Waals surface area contributed by atoms with Gasteiger partial charge >= 0.3 is 0 Å². The fraction of sp³-hybridized carbons (Fsp3) is 0.500. The molecule has 15 heavy (non-hydrogen) atoms. The number of anilines is 1. The van der Waals surface area contributed by atoms with Crippen molar-refractivity contribution < 1.29 is 4.74 Å². The van der Waals surface area contributed by atoms with Gasteiger partial charge in [0.25, 0.3) is 0 Å². The van der Waals surface area contributed by atoms with E-state index in [9.17, 15) is 0 Å². The third kappa shape index (κ3) is 2.23. The molecule has 82 valence electrons.